The van der Waals surface area contributed by atoms with Crippen molar-refractivity contribution in [3.8, 4) is 0 Å². The Balaban J connectivity index is 2.86. The molecular weight excluding hydrogens is 312 g/mol. The van der Waals surface area contributed by atoms with Crippen LogP contribution in [0.1, 0.15) is 5.56 Å². The average Bonchev–Trinajstić information content (AvgIpc) is 2.20. The highest BCUT2D eigenvalue weighted by Crippen LogP contribution is 2.16. The number of halogens is 2. The van der Waals surface area contributed by atoms with E-state index in [1.165, 1.54) is 7.11 Å². The highest BCUT2D eigenvalue weighted by Gasteiger charge is 2.04. The summed E-state index contributed by atoms with van der Waals surface area (Å²) in [6.45, 7) is 0. The second kappa shape index (κ2) is 5.32. The van der Waals surface area contributed by atoms with Crippen LogP contribution in [0, 0.1) is 0 Å². The summed E-state index contributed by atoms with van der Waals surface area (Å²) in [5, 5.41) is 0. The highest BCUT2D eigenvalue weighted by molar-refractivity contribution is 9.12. The molecule has 0 aromatic heterocycles. The molecule has 0 fully saturated rings. The van der Waals surface area contributed by atoms with E-state index >= 15 is 0 Å². The number of esters is 1. The normalized spacial score (nSPS) is 11.2. The van der Waals surface area contributed by atoms with Gasteiger partial charge >= 0.3 is 5.97 Å². The lowest BCUT2D eigenvalue weighted by Gasteiger charge is -1.97. The van der Waals surface area contributed by atoms with Crippen molar-refractivity contribution in [2.75, 3.05) is 7.11 Å². The molecule has 2 nitrogen and oxygen atoms in total. The lowest BCUT2D eigenvalue weighted by atomic mass is 10.2. The topological polar surface area (TPSA) is 26.3 Å². The number of rotatable bonds is 2. The monoisotopic (exact) mass is 318 g/mol. The Kier molecular flexibility index (Phi) is 4.35. The van der Waals surface area contributed by atoms with Gasteiger partial charge in [-0.25, -0.2) is 4.79 Å². The fourth-order valence-electron chi connectivity index (χ4n) is 0.862. The minimum atomic E-state index is -0.382. The number of ether oxygens (including phenoxy) is 1. The van der Waals surface area contributed by atoms with Gasteiger partial charge in [0.05, 0.1) is 7.11 Å². The third kappa shape index (κ3) is 3.27. The van der Waals surface area contributed by atoms with Gasteiger partial charge in [0.15, 0.2) is 0 Å². The Morgan fingerprint density at radius 2 is 1.93 bits per heavy atom. The van der Waals surface area contributed by atoms with Gasteiger partial charge in [-0.15, -0.1) is 0 Å². The Morgan fingerprint density at radius 3 is 2.43 bits per heavy atom. The SMILES string of the molecule is COC(=O)/C(Br)=C/c1ccc(Br)cc1. The molecule has 0 heterocycles. The molecule has 0 unspecified atom stereocenters. The van der Waals surface area contributed by atoms with E-state index in [4.69, 9.17) is 0 Å². The number of hydrogen-bond acceptors (Lipinski definition) is 2. The van der Waals surface area contributed by atoms with E-state index < -0.39 is 0 Å². The summed E-state index contributed by atoms with van der Waals surface area (Å²) in [5.74, 6) is -0.382. The number of methoxy groups -OCH3 is 1. The molecule has 0 atom stereocenters. The molecule has 1 rings (SSSR count). The van der Waals surface area contributed by atoms with Gasteiger partial charge in [-0.1, -0.05) is 28.1 Å². The maximum Gasteiger partial charge on any atom is 0.344 e. The lowest BCUT2D eigenvalue weighted by molar-refractivity contribution is -0.135. The van der Waals surface area contributed by atoms with Gasteiger partial charge in [0.1, 0.15) is 4.48 Å². The zero-order chi connectivity index (χ0) is 10.6. The van der Waals surface area contributed by atoms with E-state index in [1.807, 2.05) is 24.3 Å². The molecule has 14 heavy (non-hydrogen) atoms. The van der Waals surface area contributed by atoms with Gasteiger partial charge in [-0.3, -0.25) is 0 Å². The van der Waals surface area contributed by atoms with Crippen molar-refractivity contribution in [1.29, 1.82) is 0 Å². The van der Waals surface area contributed by atoms with Crippen LogP contribution in [0.15, 0.2) is 33.2 Å². The summed E-state index contributed by atoms with van der Waals surface area (Å²) >= 11 is 6.46. The molecule has 74 valence electrons. The summed E-state index contributed by atoms with van der Waals surface area (Å²) < 4.78 is 5.95. The molecule has 0 bridgehead atoms. The molecule has 0 aliphatic heterocycles. The van der Waals surface area contributed by atoms with E-state index in [0.29, 0.717) is 4.48 Å². The molecule has 1 aromatic rings. The minimum Gasteiger partial charge on any atom is -0.465 e. The van der Waals surface area contributed by atoms with Gasteiger partial charge in [0, 0.05) is 4.47 Å². The number of carbonyl (C=O) groups excluding carboxylic acids is 1. The van der Waals surface area contributed by atoms with Gasteiger partial charge in [0.2, 0.25) is 0 Å². The molecule has 1 aromatic carbocycles. The smallest absolute Gasteiger partial charge is 0.344 e. The molecule has 0 saturated carbocycles. The van der Waals surface area contributed by atoms with Crippen LogP contribution in [-0.2, 0) is 9.53 Å². The van der Waals surface area contributed by atoms with Gasteiger partial charge in [-0.2, -0.15) is 0 Å². The van der Waals surface area contributed by atoms with E-state index in [0.717, 1.165) is 10.0 Å². The van der Waals surface area contributed by atoms with E-state index in [-0.39, 0.29) is 5.97 Å². The van der Waals surface area contributed by atoms with Crippen molar-refractivity contribution in [1.82, 2.24) is 0 Å². The summed E-state index contributed by atoms with van der Waals surface area (Å²) in [5.41, 5.74) is 0.936. The largest absolute Gasteiger partial charge is 0.465 e. The Hall–Kier alpha value is -0.610. The fourth-order valence-corrected chi connectivity index (χ4v) is 1.55. The quantitative estimate of drug-likeness (QED) is 0.617. The van der Waals surface area contributed by atoms with Crippen molar-refractivity contribution in [3.05, 3.63) is 38.8 Å². The predicted octanol–water partition coefficient (Wildman–Crippen LogP) is 3.36. The number of benzene rings is 1. The van der Waals surface area contributed by atoms with Gasteiger partial charge in [-0.05, 0) is 39.7 Å². The maximum absolute atomic E-state index is 11.0. The zero-order valence-corrected chi connectivity index (χ0v) is 10.6. The predicted molar refractivity (Wildman–Crippen MR) is 63.1 cm³/mol. The van der Waals surface area contributed by atoms with Crippen LogP contribution in [0.3, 0.4) is 0 Å². The molecule has 0 N–H and O–H groups in total. The van der Waals surface area contributed by atoms with E-state index in [2.05, 4.69) is 36.6 Å². The van der Waals surface area contributed by atoms with Crippen LogP contribution in [0.25, 0.3) is 6.08 Å². The third-order valence-electron chi connectivity index (χ3n) is 1.54. The molecule has 0 radical (unpaired) electrons. The van der Waals surface area contributed by atoms with E-state index in [1.54, 1.807) is 6.08 Å². The summed E-state index contributed by atoms with van der Waals surface area (Å²) in [6.07, 6.45) is 1.71. The third-order valence-corrected chi connectivity index (χ3v) is 2.63. The van der Waals surface area contributed by atoms with Crippen LogP contribution >= 0.6 is 31.9 Å². The molecular formula is C10H8Br2O2. The lowest BCUT2D eigenvalue weighted by Crippen LogP contribution is -1.98. The van der Waals surface area contributed by atoms with Crippen LogP contribution in [0.5, 0.6) is 0 Å². The van der Waals surface area contributed by atoms with Crippen LogP contribution in [0.2, 0.25) is 0 Å². The fraction of sp³-hybridized carbons (Fsp3) is 0.100. The zero-order valence-electron chi connectivity index (χ0n) is 7.46. The Morgan fingerprint density at radius 1 is 1.36 bits per heavy atom. The summed E-state index contributed by atoms with van der Waals surface area (Å²) in [6, 6.07) is 7.61. The van der Waals surface area contributed by atoms with Gasteiger partial charge < -0.3 is 4.74 Å². The van der Waals surface area contributed by atoms with Gasteiger partial charge in [0.25, 0.3) is 0 Å². The van der Waals surface area contributed by atoms with Crippen molar-refractivity contribution < 1.29 is 9.53 Å². The molecule has 0 aliphatic carbocycles. The first-order valence-corrected chi connectivity index (χ1v) is 5.43. The van der Waals surface area contributed by atoms with Crippen molar-refractivity contribution >= 4 is 43.9 Å². The molecule has 0 saturated heterocycles. The standard InChI is InChI=1S/C10H8Br2O2/c1-14-10(13)9(12)6-7-2-4-8(11)5-3-7/h2-6H,1H3/b9-6-. The first-order chi connectivity index (χ1) is 6.63. The van der Waals surface area contributed by atoms with Crippen molar-refractivity contribution in [2.24, 2.45) is 0 Å². The minimum absolute atomic E-state index is 0.382. The second-order valence-electron chi connectivity index (χ2n) is 2.54. The van der Waals surface area contributed by atoms with Crippen LogP contribution in [0.4, 0.5) is 0 Å². The van der Waals surface area contributed by atoms with Crippen molar-refractivity contribution in [3.63, 3.8) is 0 Å². The van der Waals surface area contributed by atoms with Crippen LogP contribution in [-0.4, -0.2) is 13.1 Å². The maximum atomic E-state index is 11.0. The number of carbonyl (C=O) groups is 1. The second-order valence-corrected chi connectivity index (χ2v) is 4.31. The number of hydrogen-bond donors (Lipinski definition) is 0. The first-order valence-electron chi connectivity index (χ1n) is 3.84. The molecule has 0 amide bonds. The first kappa shape index (κ1) is 11.5. The average molecular weight is 320 g/mol. The summed E-state index contributed by atoms with van der Waals surface area (Å²) in [7, 11) is 1.35. The Labute approximate surface area is 99.2 Å². The highest BCUT2D eigenvalue weighted by atomic mass is 79.9. The van der Waals surface area contributed by atoms with E-state index in [9.17, 15) is 4.79 Å². The van der Waals surface area contributed by atoms with Crippen molar-refractivity contribution in [2.45, 2.75) is 0 Å². The molecule has 4 heteroatoms. The summed E-state index contributed by atoms with van der Waals surface area (Å²) in [4.78, 5) is 11.0. The molecule has 0 spiro atoms. The Bertz CT molecular complexity index is 355. The molecule has 0 aliphatic rings. The van der Waals surface area contributed by atoms with Crippen LogP contribution < -0.4 is 0 Å².